The molecule has 0 aliphatic carbocycles. The molecule has 6 heteroatoms. The summed E-state index contributed by atoms with van der Waals surface area (Å²) in [5, 5.41) is 0. The largest absolute Gasteiger partial charge is 0.462 e. The van der Waals surface area contributed by atoms with E-state index in [1.54, 1.807) is 0 Å². The number of rotatable bonds is 59. The third kappa shape index (κ3) is 64.5. The number of carbonyl (C=O) groups is 3. The van der Waals surface area contributed by atoms with E-state index in [4.69, 9.17) is 14.2 Å². The predicted octanol–water partition coefficient (Wildman–Crippen LogP) is 22.8. The molecule has 1 unspecified atom stereocenters. The van der Waals surface area contributed by atoms with Crippen LogP contribution in [0.5, 0.6) is 0 Å². The zero-order valence-corrected chi connectivity index (χ0v) is 51.6. The lowest BCUT2D eigenvalue weighted by Gasteiger charge is -2.18. The molecule has 1 atom stereocenters. The third-order valence-corrected chi connectivity index (χ3v) is 13.9. The van der Waals surface area contributed by atoms with E-state index in [1.807, 2.05) is 0 Å². The second-order valence-electron chi connectivity index (χ2n) is 21.6. The van der Waals surface area contributed by atoms with Crippen LogP contribution in [0.1, 0.15) is 303 Å². The fraction of sp³-hybridized carbons (Fsp3) is 0.685. The Bertz CT molecular complexity index is 1640. The molecule has 0 N–H and O–H groups in total. The summed E-state index contributed by atoms with van der Waals surface area (Å²) in [6.07, 6.45) is 92.2. The zero-order chi connectivity index (χ0) is 57.1. The lowest BCUT2D eigenvalue weighted by atomic mass is 10.0. The summed E-state index contributed by atoms with van der Waals surface area (Å²) in [4.78, 5) is 38.3. The van der Waals surface area contributed by atoms with E-state index < -0.39 is 6.10 Å². The van der Waals surface area contributed by atoms with E-state index in [2.05, 4.69) is 142 Å². The molecule has 450 valence electrons. The van der Waals surface area contributed by atoms with Crippen molar-refractivity contribution < 1.29 is 28.6 Å². The smallest absolute Gasteiger partial charge is 0.306 e. The summed E-state index contributed by atoms with van der Waals surface area (Å²) in [5.74, 6) is -0.912. The van der Waals surface area contributed by atoms with Crippen LogP contribution in [0.15, 0.2) is 122 Å². The minimum atomic E-state index is -0.793. The number of esters is 3. The zero-order valence-electron chi connectivity index (χ0n) is 51.6. The molecular formula is C73H122O6. The number of carbonyl (C=O) groups excluding carboxylic acids is 3. The minimum Gasteiger partial charge on any atom is -0.462 e. The molecule has 0 aromatic rings. The highest BCUT2D eigenvalue weighted by Gasteiger charge is 2.19. The van der Waals surface area contributed by atoms with Crippen molar-refractivity contribution in [3.05, 3.63) is 122 Å². The first kappa shape index (κ1) is 74.8. The van der Waals surface area contributed by atoms with Gasteiger partial charge in [0.25, 0.3) is 0 Å². The van der Waals surface area contributed by atoms with Gasteiger partial charge in [0.15, 0.2) is 6.10 Å². The molecule has 0 bridgehead atoms. The van der Waals surface area contributed by atoms with E-state index in [0.29, 0.717) is 19.3 Å². The molecule has 0 aliphatic heterocycles. The highest BCUT2D eigenvalue weighted by molar-refractivity contribution is 5.71. The molecule has 0 radical (unpaired) electrons. The lowest BCUT2D eigenvalue weighted by Crippen LogP contribution is -2.30. The molecule has 0 spiro atoms. The highest BCUT2D eigenvalue weighted by atomic mass is 16.6. The van der Waals surface area contributed by atoms with Gasteiger partial charge in [-0.25, -0.2) is 0 Å². The van der Waals surface area contributed by atoms with Crippen LogP contribution >= 0.6 is 0 Å². The van der Waals surface area contributed by atoms with Crippen LogP contribution in [0, 0.1) is 0 Å². The maximum Gasteiger partial charge on any atom is 0.306 e. The van der Waals surface area contributed by atoms with Crippen LogP contribution in [-0.4, -0.2) is 37.2 Å². The van der Waals surface area contributed by atoms with Crippen LogP contribution in [-0.2, 0) is 28.6 Å². The second kappa shape index (κ2) is 66.3. The standard InChI is InChI=1S/C73H122O6/c1-4-7-10-13-16-19-22-25-28-29-30-31-32-33-34-35-36-37-38-39-40-41-42-43-44-45-46-49-51-54-57-60-63-66-72(75)78-69-70(79-73(76)67-64-61-58-55-52-48-27-24-21-18-15-12-9-6-3)68-77-71(74)65-62-59-56-53-50-47-26-23-20-17-14-11-8-5-2/h7,10,14-19,23-28,30-31,33-34,36-37,70H,4-6,8-9,11-13,20-22,29,32,35,38-69H2,1-3H3/b10-7-,17-14-,18-15-,19-16-,26-23-,27-24-,28-25-,31-30-,34-33-,37-36-. The Morgan fingerprint density at radius 1 is 0.266 bits per heavy atom. The molecule has 0 aliphatic rings. The minimum absolute atomic E-state index is 0.0887. The normalized spacial score (nSPS) is 12.9. The van der Waals surface area contributed by atoms with Crippen LogP contribution in [0.4, 0.5) is 0 Å². The summed E-state index contributed by atoms with van der Waals surface area (Å²) in [7, 11) is 0. The second-order valence-corrected chi connectivity index (χ2v) is 21.6. The Morgan fingerprint density at radius 2 is 0.494 bits per heavy atom. The van der Waals surface area contributed by atoms with Gasteiger partial charge in [0.05, 0.1) is 0 Å². The van der Waals surface area contributed by atoms with Gasteiger partial charge in [-0.15, -0.1) is 0 Å². The van der Waals surface area contributed by atoms with Gasteiger partial charge in [-0.05, 0) is 122 Å². The van der Waals surface area contributed by atoms with Crippen molar-refractivity contribution in [1.82, 2.24) is 0 Å². The van der Waals surface area contributed by atoms with Gasteiger partial charge in [0.2, 0.25) is 0 Å². The summed E-state index contributed by atoms with van der Waals surface area (Å²) >= 11 is 0. The average Bonchev–Trinajstić information content (AvgIpc) is 3.45. The third-order valence-electron chi connectivity index (χ3n) is 13.9. The first-order valence-corrected chi connectivity index (χ1v) is 33.0. The maximum atomic E-state index is 12.9. The van der Waals surface area contributed by atoms with Crippen molar-refractivity contribution in [3.63, 3.8) is 0 Å². The van der Waals surface area contributed by atoms with E-state index in [-0.39, 0.29) is 31.1 Å². The Labute approximate surface area is 488 Å². The number of unbranched alkanes of at least 4 members (excludes halogenated alkanes) is 28. The lowest BCUT2D eigenvalue weighted by molar-refractivity contribution is -0.167. The summed E-state index contributed by atoms with van der Waals surface area (Å²) in [6, 6.07) is 0. The summed E-state index contributed by atoms with van der Waals surface area (Å²) in [5.41, 5.74) is 0. The number of allylic oxidation sites excluding steroid dienone is 20. The van der Waals surface area contributed by atoms with E-state index in [9.17, 15) is 14.4 Å². The van der Waals surface area contributed by atoms with Crippen molar-refractivity contribution in [2.24, 2.45) is 0 Å². The van der Waals surface area contributed by atoms with Crippen LogP contribution < -0.4 is 0 Å². The van der Waals surface area contributed by atoms with Gasteiger partial charge < -0.3 is 14.2 Å². The number of hydrogen-bond acceptors (Lipinski definition) is 6. The fourth-order valence-electron chi connectivity index (χ4n) is 8.95. The molecule has 0 aromatic carbocycles. The van der Waals surface area contributed by atoms with Crippen LogP contribution in [0.3, 0.4) is 0 Å². The SMILES string of the molecule is CC/C=C\C/C=C\C/C=C\C/C=C\C/C=C\C/C=C\CCCCCCCCCCCCCCCCC(=O)OCC(COC(=O)CCCCCCC/C=C\C/C=C\CCCC)OC(=O)CCCCCCC/C=C\C/C=C\CCCC. The van der Waals surface area contributed by atoms with Crippen LogP contribution in [0.25, 0.3) is 0 Å². The predicted molar refractivity (Wildman–Crippen MR) is 343 cm³/mol. The molecule has 0 amide bonds. The van der Waals surface area contributed by atoms with Crippen molar-refractivity contribution in [2.45, 2.75) is 309 Å². The monoisotopic (exact) mass is 1090 g/mol. The summed E-state index contributed by atoms with van der Waals surface area (Å²) in [6.45, 7) is 6.43. The Balaban J connectivity index is 4.21. The molecular weight excluding hydrogens is 973 g/mol. The Kier molecular flexibility index (Phi) is 62.8. The molecule has 0 saturated heterocycles. The van der Waals surface area contributed by atoms with Gasteiger partial charge in [-0.2, -0.15) is 0 Å². The van der Waals surface area contributed by atoms with Crippen molar-refractivity contribution in [1.29, 1.82) is 0 Å². The molecule has 0 saturated carbocycles. The quantitative estimate of drug-likeness (QED) is 0.0261. The fourth-order valence-corrected chi connectivity index (χ4v) is 8.95. The topological polar surface area (TPSA) is 78.9 Å². The molecule has 0 fully saturated rings. The van der Waals surface area contributed by atoms with Gasteiger partial charge >= 0.3 is 17.9 Å². The van der Waals surface area contributed by atoms with E-state index in [1.165, 1.54) is 116 Å². The molecule has 6 nitrogen and oxygen atoms in total. The maximum absolute atomic E-state index is 12.9. The first-order chi connectivity index (χ1) is 39.0. The molecule has 0 rings (SSSR count). The van der Waals surface area contributed by atoms with Crippen molar-refractivity contribution >= 4 is 17.9 Å². The molecule has 79 heavy (non-hydrogen) atoms. The molecule has 0 heterocycles. The number of hydrogen-bond donors (Lipinski definition) is 0. The van der Waals surface area contributed by atoms with Gasteiger partial charge in [0.1, 0.15) is 13.2 Å². The average molecular weight is 1100 g/mol. The van der Waals surface area contributed by atoms with E-state index >= 15 is 0 Å². The van der Waals surface area contributed by atoms with Gasteiger partial charge in [0, 0.05) is 19.3 Å². The van der Waals surface area contributed by atoms with Gasteiger partial charge in [-0.3, -0.25) is 14.4 Å². The Morgan fingerprint density at radius 3 is 0.772 bits per heavy atom. The van der Waals surface area contributed by atoms with Gasteiger partial charge in [-0.1, -0.05) is 284 Å². The molecule has 0 aromatic heterocycles. The first-order valence-electron chi connectivity index (χ1n) is 33.0. The Hall–Kier alpha value is -4.19. The number of ether oxygens (including phenoxy) is 3. The van der Waals surface area contributed by atoms with Crippen LogP contribution in [0.2, 0.25) is 0 Å². The highest BCUT2D eigenvalue weighted by Crippen LogP contribution is 2.16. The van der Waals surface area contributed by atoms with Crippen molar-refractivity contribution in [2.75, 3.05) is 13.2 Å². The van der Waals surface area contributed by atoms with Crippen molar-refractivity contribution in [3.8, 4) is 0 Å². The van der Waals surface area contributed by atoms with E-state index in [0.717, 1.165) is 148 Å². The summed E-state index contributed by atoms with van der Waals surface area (Å²) < 4.78 is 16.9.